The lowest BCUT2D eigenvalue weighted by Crippen LogP contribution is -2.35. The van der Waals surface area contributed by atoms with Gasteiger partial charge in [0.05, 0.1) is 6.42 Å². The molecule has 1 N–H and O–H groups in total. The zero-order chi connectivity index (χ0) is 14.5. The van der Waals surface area contributed by atoms with Crippen LogP contribution >= 0.6 is 15.9 Å². The predicted molar refractivity (Wildman–Crippen MR) is 80.2 cm³/mol. The number of carbonyl (C=O) groups excluding carboxylic acids is 1. The minimum atomic E-state index is -0.855. The first-order valence-corrected chi connectivity index (χ1v) is 7.31. The van der Waals surface area contributed by atoms with Crippen molar-refractivity contribution in [3.05, 3.63) is 40.4 Å². The molecule has 2 rings (SSSR count). The Morgan fingerprint density at radius 1 is 1.35 bits per heavy atom. The molecule has 1 fully saturated rings. The minimum Gasteiger partial charge on any atom is -0.481 e. The molecule has 4 nitrogen and oxygen atoms in total. The van der Waals surface area contributed by atoms with Crippen LogP contribution in [0.4, 0.5) is 0 Å². The third-order valence-electron chi connectivity index (χ3n) is 3.36. The highest BCUT2D eigenvalue weighted by atomic mass is 79.9. The van der Waals surface area contributed by atoms with Gasteiger partial charge in [-0.2, -0.15) is 0 Å². The number of nitrogens with zero attached hydrogens (tertiary/aromatic N) is 1. The highest BCUT2D eigenvalue weighted by molar-refractivity contribution is 9.10. The molecule has 20 heavy (non-hydrogen) atoms. The van der Waals surface area contributed by atoms with Gasteiger partial charge in [0.1, 0.15) is 0 Å². The first-order valence-electron chi connectivity index (χ1n) is 6.52. The maximum Gasteiger partial charge on any atom is 0.305 e. The van der Waals surface area contributed by atoms with E-state index in [-0.39, 0.29) is 18.4 Å². The van der Waals surface area contributed by atoms with E-state index in [4.69, 9.17) is 5.11 Å². The van der Waals surface area contributed by atoms with Crippen LogP contribution in [-0.4, -0.2) is 34.5 Å². The molecule has 1 amide bonds. The molecule has 1 unspecified atom stereocenters. The SMILES string of the molecule is O=C(O)CC1CCCN1C(=O)C=Cc1ccc(Br)cc1. The summed E-state index contributed by atoms with van der Waals surface area (Å²) in [5.41, 5.74) is 0.940. The van der Waals surface area contributed by atoms with Gasteiger partial charge in [-0.25, -0.2) is 0 Å². The summed E-state index contributed by atoms with van der Waals surface area (Å²) in [6.07, 6.45) is 4.94. The van der Waals surface area contributed by atoms with Crippen molar-refractivity contribution in [3.8, 4) is 0 Å². The summed E-state index contributed by atoms with van der Waals surface area (Å²) in [6, 6.07) is 7.47. The third kappa shape index (κ3) is 3.93. The molecule has 0 radical (unpaired) electrons. The summed E-state index contributed by atoms with van der Waals surface area (Å²) >= 11 is 3.36. The van der Waals surface area contributed by atoms with E-state index in [0.717, 1.165) is 22.9 Å². The highest BCUT2D eigenvalue weighted by Gasteiger charge is 2.28. The van der Waals surface area contributed by atoms with E-state index in [1.54, 1.807) is 11.0 Å². The van der Waals surface area contributed by atoms with E-state index >= 15 is 0 Å². The smallest absolute Gasteiger partial charge is 0.305 e. The number of benzene rings is 1. The monoisotopic (exact) mass is 337 g/mol. The largest absolute Gasteiger partial charge is 0.481 e. The summed E-state index contributed by atoms with van der Waals surface area (Å²) in [5.74, 6) is -0.969. The molecule has 106 valence electrons. The van der Waals surface area contributed by atoms with Crippen LogP contribution in [0.1, 0.15) is 24.8 Å². The van der Waals surface area contributed by atoms with Gasteiger partial charge in [0.15, 0.2) is 0 Å². The van der Waals surface area contributed by atoms with E-state index in [1.165, 1.54) is 6.08 Å². The molecule has 1 saturated heterocycles. The number of aliphatic carboxylic acids is 1. The van der Waals surface area contributed by atoms with Crippen LogP contribution in [0.25, 0.3) is 6.08 Å². The normalized spacial score (nSPS) is 18.6. The first-order chi connectivity index (χ1) is 9.56. The first kappa shape index (κ1) is 14.8. The molecule has 1 aliphatic heterocycles. The number of amides is 1. The molecule has 5 heteroatoms. The van der Waals surface area contributed by atoms with Gasteiger partial charge in [0.25, 0.3) is 0 Å². The molecule has 1 heterocycles. The summed E-state index contributed by atoms with van der Waals surface area (Å²) in [6.45, 7) is 0.640. The van der Waals surface area contributed by atoms with Gasteiger partial charge in [0, 0.05) is 23.1 Å². The Balaban J connectivity index is 2.00. The second kappa shape index (κ2) is 6.70. The van der Waals surface area contributed by atoms with Crippen molar-refractivity contribution in [2.24, 2.45) is 0 Å². The van der Waals surface area contributed by atoms with Crippen LogP contribution in [0.3, 0.4) is 0 Å². The molecular weight excluding hydrogens is 322 g/mol. The number of halogens is 1. The molecule has 1 aromatic carbocycles. The average Bonchev–Trinajstić information content (AvgIpc) is 2.85. The number of hydrogen-bond donors (Lipinski definition) is 1. The molecule has 0 bridgehead atoms. The lowest BCUT2D eigenvalue weighted by atomic mass is 10.1. The molecule has 0 spiro atoms. The van der Waals surface area contributed by atoms with Gasteiger partial charge in [-0.05, 0) is 36.6 Å². The second-order valence-electron chi connectivity index (χ2n) is 4.81. The Morgan fingerprint density at radius 2 is 2.05 bits per heavy atom. The van der Waals surface area contributed by atoms with Crippen molar-refractivity contribution < 1.29 is 14.7 Å². The summed E-state index contributed by atoms with van der Waals surface area (Å²) in [4.78, 5) is 24.5. The van der Waals surface area contributed by atoms with Crippen molar-refractivity contribution in [1.82, 2.24) is 4.90 Å². The highest BCUT2D eigenvalue weighted by Crippen LogP contribution is 2.21. The number of hydrogen-bond acceptors (Lipinski definition) is 2. The molecular formula is C15H16BrNO3. The van der Waals surface area contributed by atoms with Crippen molar-refractivity contribution >= 4 is 33.9 Å². The van der Waals surface area contributed by atoms with Crippen molar-refractivity contribution in [1.29, 1.82) is 0 Å². The number of carbonyl (C=O) groups is 2. The van der Waals surface area contributed by atoms with E-state index in [9.17, 15) is 9.59 Å². The van der Waals surface area contributed by atoms with E-state index in [1.807, 2.05) is 24.3 Å². The maximum absolute atomic E-state index is 12.1. The number of rotatable bonds is 4. The fraction of sp³-hybridized carbons (Fsp3) is 0.333. The summed E-state index contributed by atoms with van der Waals surface area (Å²) < 4.78 is 0.988. The molecule has 1 aromatic rings. The van der Waals surface area contributed by atoms with Gasteiger partial charge < -0.3 is 10.0 Å². The Kier molecular flexibility index (Phi) is 4.95. The summed E-state index contributed by atoms with van der Waals surface area (Å²) in [7, 11) is 0. The van der Waals surface area contributed by atoms with Crippen LogP contribution in [-0.2, 0) is 9.59 Å². The zero-order valence-electron chi connectivity index (χ0n) is 11.0. The fourth-order valence-corrected chi connectivity index (χ4v) is 2.64. The number of likely N-dealkylation sites (tertiary alicyclic amines) is 1. The Labute approximate surface area is 126 Å². The topological polar surface area (TPSA) is 57.6 Å². The number of carboxylic acids is 1. The van der Waals surface area contributed by atoms with Crippen LogP contribution in [0.15, 0.2) is 34.8 Å². The summed E-state index contributed by atoms with van der Waals surface area (Å²) in [5, 5.41) is 8.85. The van der Waals surface area contributed by atoms with Crippen LogP contribution < -0.4 is 0 Å². The predicted octanol–water partition coefficient (Wildman–Crippen LogP) is 2.93. The second-order valence-corrected chi connectivity index (χ2v) is 5.73. The average molecular weight is 338 g/mol. The Morgan fingerprint density at radius 3 is 2.70 bits per heavy atom. The quantitative estimate of drug-likeness (QED) is 0.859. The van der Waals surface area contributed by atoms with Gasteiger partial charge in [-0.3, -0.25) is 9.59 Å². The zero-order valence-corrected chi connectivity index (χ0v) is 12.5. The van der Waals surface area contributed by atoms with Crippen LogP contribution in [0.2, 0.25) is 0 Å². The van der Waals surface area contributed by atoms with E-state index < -0.39 is 5.97 Å². The molecule has 0 saturated carbocycles. The maximum atomic E-state index is 12.1. The van der Waals surface area contributed by atoms with Crippen molar-refractivity contribution in [3.63, 3.8) is 0 Å². The molecule has 1 atom stereocenters. The standard InChI is InChI=1S/C15H16BrNO3/c16-12-6-3-11(4-7-12)5-8-14(18)17-9-1-2-13(17)10-15(19)20/h3-8,13H,1-2,9-10H2,(H,19,20). The Bertz CT molecular complexity index is 524. The Hall–Kier alpha value is -1.62. The van der Waals surface area contributed by atoms with Gasteiger partial charge in [-0.1, -0.05) is 28.1 Å². The van der Waals surface area contributed by atoms with Crippen molar-refractivity contribution in [2.45, 2.75) is 25.3 Å². The molecule has 1 aliphatic rings. The van der Waals surface area contributed by atoms with Gasteiger partial charge >= 0.3 is 5.97 Å². The lowest BCUT2D eigenvalue weighted by molar-refractivity contribution is -0.139. The van der Waals surface area contributed by atoms with Crippen LogP contribution in [0.5, 0.6) is 0 Å². The third-order valence-corrected chi connectivity index (χ3v) is 3.89. The van der Waals surface area contributed by atoms with E-state index in [0.29, 0.717) is 6.54 Å². The van der Waals surface area contributed by atoms with Gasteiger partial charge in [-0.15, -0.1) is 0 Å². The van der Waals surface area contributed by atoms with E-state index in [2.05, 4.69) is 15.9 Å². The molecule has 0 aromatic heterocycles. The molecule has 0 aliphatic carbocycles. The van der Waals surface area contributed by atoms with Crippen LogP contribution in [0, 0.1) is 0 Å². The lowest BCUT2D eigenvalue weighted by Gasteiger charge is -2.21. The number of carboxylic acid groups (broad SMARTS) is 1. The fourth-order valence-electron chi connectivity index (χ4n) is 2.38. The minimum absolute atomic E-state index is 0.0257. The van der Waals surface area contributed by atoms with Gasteiger partial charge in [0.2, 0.25) is 5.91 Å². The van der Waals surface area contributed by atoms with Crippen molar-refractivity contribution in [2.75, 3.05) is 6.54 Å².